The number of carboxylic acid groups (broad SMARTS) is 1. The summed E-state index contributed by atoms with van der Waals surface area (Å²) in [7, 11) is 0. The van der Waals surface area contributed by atoms with E-state index < -0.39 is 5.97 Å². The van der Waals surface area contributed by atoms with Crippen LogP contribution in [0.1, 0.15) is 11.1 Å². The molecule has 2 nitrogen and oxygen atoms in total. The molecule has 0 atom stereocenters. The maximum absolute atomic E-state index is 11.6. The van der Waals surface area contributed by atoms with E-state index in [4.69, 9.17) is 0 Å². The molecule has 20 heavy (non-hydrogen) atoms. The van der Waals surface area contributed by atoms with Crippen molar-refractivity contribution in [1.82, 2.24) is 0 Å². The van der Waals surface area contributed by atoms with E-state index in [1.54, 1.807) is 17.4 Å². The molecule has 3 aromatic rings. The summed E-state index contributed by atoms with van der Waals surface area (Å²) in [5, 5.41) is 12.4. The van der Waals surface area contributed by atoms with E-state index in [1.165, 1.54) is 0 Å². The predicted molar refractivity (Wildman–Crippen MR) is 83.8 cm³/mol. The molecule has 0 unspecified atom stereocenters. The zero-order valence-electron chi connectivity index (χ0n) is 10.6. The molecule has 0 aliphatic carbocycles. The minimum absolute atomic E-state index is 0.327. The van der Waals surface area contributed by atoms with Crippen molar-refractivity contribution in [2.24, 2.45) is 0 Å². The molecule has 0 saturated carbocycles. The highest BCUT2D eigenvalue weighted by atomic mass is 32.1. The molecule has 0 amide bonds. The van der Waals surface area contributed by atoms with Crippen molar-refractivity contribution in [3.05, 3.63) is 71.1 Å². The highest BCUT2D eigenvalue weighted by Gasteiger charge is 2.14. The number of carboxylic acids is 1. The molecule has 0 fully saturated rings. The first-order chi connectivity index (χ1) is 9.75. The van der Waals surface area contributed by atoms with E-state index in [1.807, 2.05) is 60.0 Å². The highest BCUT2D eigenvalue weighted by Crippen LogP contribution is 2.32. The van der Waals surface area contributed by atoms with Crippen LogP contribution in [-0.2, 0) is 4.79 Å². The topological polar surface area (TPSA) is 37.3 Å². The highest BCUT2D eigenvalue weighted by molar-refractivity contribution is 7.17. The third-order valence-electron chi connectivity index (χ3n) is 3.11. The quantitative estimate of drug-likeness (QED) is 0.716. The van der Waals surface area contributed by atoms with Crippen LogP contribution in [0.4, 0.5) is 0 Å². The first-order valence-corrected chi connectivity index (χ1v) is 7.10. The Balaban J connectivity index is 2.17. The molecule has 0 radical (unpaired) electrons. The van der Waals surface area contributed by atoms with Crippen LogP contribution in [0.15, 0.2) is 60.0 Å². The Bertz CT molecular complexity index is 785. The average Bonchev–Trinajstić information content (AvgIpc) is 2.89. The number of benzene rings is 2. The van der Waals surface area contributed by atoms with Crippen molar-refractivity contribution in [3.63, 3.8) is 0 Å². The molecular formula is C17H12O2S. The van der Waals surface area contributed by atoms with Gasteiger partial charge in [0, 0.05) is 21.0 Å². The fourth-order valence-corrected chi connectivity index (χ4v) is 3.12. The zero-order valence-corrected chi connectivity index (χ0v) is 11.4. The van der Waals surface area contributed by atoms with Gasteiger partial charge in [0.1, 0.15) is 0 Å². The van der Waals surface area contributed by atoms with Crippen LogP contribution in [-0.4, -0.2) is 11.1 Å². The molecule has 0 bridgehead atoms. The van der Waals surface area contributed by atoms with Crippen LogP contribution in [0.2, 0.25) is 0 Å². The number of rotatable bonds is 3. The Labute approximate surface area is 120 Å². The van der Waals surface area contributed by atoms with E-state index in [0.717, 1.165) is 21.2 Å². The van der Waals surface area contributed by atoms with Gasteiger partial charge in [-0.1, -0.05) is 48.5 Å². The van der Waals surface area contributed by atoms with Crippen molar-refractivity contribution in [1.29, 1.82) is 0 Å². The fraction of sp³-hybridized carbons (Fsp3) is 0. The van der Waals surface area contributed by atoms with Gasteiger partial charge in [0.05, 0.1) is 5.57 Å². The van der Waals surface area contributed by atoms with Crippen molar-refractivity contribution in [2.75, 3.05) is 0 Å². The summed E-state index contributed by atoms with van der Waals surface area (Å²) in [6.07, 6.45) is 1.72. The van der Waals surface area contributed by atoms with Gasteiger partial charge in [-0.25, -0.2) is 4.79 Å². The Hall–Kier alpha value is -2.39. The van der Waals surface area contributed by atoms with E-state index in [9.17, 15) is 9.90 Å². The van der Waals surface area contributed by atoms with Gasteiger partial charge in [0.25, 0.3) is 0 Å². The molecular weight excluding hydrogens is 268 g/mol. The first-order valence-electron chi connectivity index (χ1n) is 6.22. The Morgan fingerprint density at radius 2 is 1.70 bits per heavy atom. The summed E-state index contributed by atoms with van der Waals surface area (Å²) in [5.41, 5.74) is 2.00. The standard InChI is InChI=1S/C17H12O2S/c18-17(19)14(10-12-6-2-1-3-7-12)15-11-20-16-9-5-4-8-13(15)16/h1-11H,(H,18,19)/b14-10-. The monoisotopic (exact) mass is 280 g/mol. The van der Waals surface area contributed by atoms with Gasteiger partial charge in [0.15, 0.2) is 0 Å². The molecule has 0 aliphatic heterocycles. The summed E-state index contributed by atoms with van der Waals surface area (Å²) in [6, 6.07) is 17.4. The Kier molecular flexibility index (Phi) is 3.35. The Morgan fingerprint density at radius 3 is 2.45 bits per heavy atom. The summed E-state index contributed by atoms with van der Waals surface area (Å²) in [6.45, 7) is 0. The third-order valence-corrected chi connectivity index (χ3v) is 4.08. The second-order valence-corrected chi connectivity index (χ2v) is 5.33. The molecule has 3 heteroatoms. The Morgan fingerprint density at radius 1 is 1.00 bits per heavy atom. The third kappa shape index (κ3) is 2.36. The molecule has 0 saturated heterocycles. The lowest BCUT2D eigenvalue weighted by Gasteiger charge is -2.02. The zero-order chi connectivity index (χ0) is 13.9. The van der Waals surface area contributed by atoms with Crippen molar-refractivity contribution >= 4 is 39.0 Å². The van der Waals surface area contributed by atoms with Crippen molar-refractivity contribution in [3.8, 4) is 0 Å². The maximum Gasteiger partial charge on any atom is 0.336 e. The number of carbonyl (C=O) groups is 1. The number of thiophene rings is 1. The van der Waals surface area contributed by atoms with Gasteiger partial charge in [-0.3, -0.25) is 0 Å². The average molecular weight is 280 g/mol. The minimum Gasteiger partial charge on any atom is -0.478 e. The second kappa shape index (κ2) is 5.31. The molecule has 1 aromatic heterocycles. The van der Waals surface area contributed by atoms with Gasteiger partial charge in [-0.15, -0.1) is 11.3 Å². The molecule has 98 valence electrons. The summed E-state index contributed by atoms with van der Waals surface area (Å²) in [4.78, 5) is 11.6. The van der Waals surface area contributed by atoms with Gasteiger partial charge in [0.2, 0.25) is 0 Å². The molecule has 1 heterocycles. The van der Waals surface area contributed by atoms with E-state index in [0.29, 0.717) is 5.57 Å². The summed E-state index contributed by atoms with van der Waals surface area (Å²) < 4.78 is 1.10. The summed E-state index contributed by atoms with van der Waals surface area (Å²) in [5.74, 6) is -0.905. The molecule has 3 rings (SSSR count). The number of hydrogen-bond acceptors (Lipinski definition) is 2. The second-order valence-electron chi connectivity index (χ2n) is 4.42. The van der Waals surface area contributed by atoms with Crippen LogP contribution >= 0.6 is 11.3 Å². The number of hydrogen-bond donors (Lipinski definition) is 1. The van der Waals surface area contributed by atoms with E-state index in [-0.39, 0.29) is 0 Å². The van der Waals surface area contributed by atoms with Gasteiger partial charge >= 0.3 is 5.97 Å². The van der Waals surface area contributed by atoms with Crippen LogP contribution in [0.5, 0.6) is 0 Å². The predicted octanol–water partition coefficient (Wildman–Crippen LogP) is 4.53. The fourth-order valence-electron chi connectivity index (χ4n) is 2.16. The van der Waals surface area contributed by atoms with E-state index >= 15 is 0 Å². The largest absolute Gasteiger partial charge is 0.478 e. The normalized spacial score (nSPS) is 11.7. The molecule has 1 N–H and O–H groups in total. The van der Waals surface area contributed by atoms with Crippen LogP contribution in [0.25, 0.3) is 21.7 Å². The number of aliphatic carboxylic acids is 1. The lowest BCUT2D eigenvalue weighted by atomic mass is 10.0. The lowest BCUT2D eigenvalue weighted by molar-refractivity contribution is -0.130. The number of fused-ring (bicyclic) bond motifs is 1. The summed E-state index contributed by atoms with van der Waals surface area (Å²) >= 11 is 1.57. The van der Waals surface area contributed by atoms with Gasteiger partial charge in [-0.2, -0.15) is 0 Å². The van der Waals surface area contributed by atoms with Crippen molar-refractivity contribution < 1.29 is 9.90 Å². The van der Waals surface area contributed by atoms with Crippen LogP contribution < -0.4 is 0 Å². The SMILES string of the molecule is O=C(O)/C(=C\c1ccccc1)c1csc2ccccc12. The molecule has 0 aliphatic rings. The lowest BCUT2D eigenvalue weighted by Crippen LogP contribution is -1.98. The smallest absolute Gasteiger partial charge is 0.336 e. The minimum atomic E-state index is -0.905. The maximum atomic E-state index is 11.6. The van der Waals surface area contributed by atoms with Gasteiger partial charge < -0.3 is 5.11 Å². The van der Waals surface area contributed by atoms with Gasteiger partial charge in [-0.05, 0) is 17.7 Å². The molecule has 0 spiro atoms. The molecule has 2 aromatic carbocycles. The van der Waals surface area contributed by atoms with Crippen LogP contribution in [0.3, 0.4) is 0 Å². The first kappa shape index (κ1) is 12.6. The van der Waals surface area contributed by atoms with Crippen LogP contribution in [0, 0.1) is 0 Å². The van der Waals surface area contributed by atoms with E-state index in [2.05, 4.69) is 0 Å². The van der Waals surface area contributed by atoms with Crippen molar-refractivity contribution in [2.45, 2.75) is 0 Å².